The van der Waals surface area contributed by atoms with E-state index in [9.17, 15) is 0 Å². The topological polar surface area (TPSA) is 35.2 Å². The smallest absolute Gasteiger partial charge is 0.126 e. The van der Waals surface area contributed by atoms with Gasteiger partial charge in [0.25, 0.3) is 0 Å². The van der Waals surface area contributed by atoms with Crippen LogP contribution in [0.3, 0.4) is 0 Å². The average molecular weight is 312 g/mol. The molecule has 0 radical (unpaired) electrons. The van der Waals surface area contributed by atoms with E-state index in [1.165, 1.54) is 42.4 Å². The Labute approximate surface area is 118 Å². The van der Waals surface area contributed by atoms with Crippen LogP contribution in [0.1, 0.15) is 42.4 Å². The molecule has 1 aromatic rings. The van der Waals surface area contributed by atoms with E-state index in [0.29, 0.717) is 6.54 Å². The number of benzene rings is 1. The van der Waals surface area contributed by atoms with Crippen molar-refractivity contribution in [3.8, 4) is 5.75 Å². The first-order chi connectivity index (χ1) is 8.55. The van der Waals surface area contributed by atoms with Crippen molar-refractivity contribution < 1.29 is 4.74 Å². The molecule has 0 spiro atoms. The molecule has 1 aromatic carbocycles. The van der Waals surface area contributed by atoms with E-state index in [2.05, 4.69) is 35.8 Å². The van der Waals surface area contributed by atoms with Gasteiger partial charge in [-0.2, -0.15) is 0 Å². The quantitative estimate of drug-likeness (QED) is 0.920. The zero-order valence-electron chi connectivity index (χ0n) is 11.5. The Bertz CT molecular complexity index is 450. The number of halogens is 1. The van der Waals surface area contributed by atoms with Gasteiger partial charge in [0, 0.05) is 27.6 Å². The predicted molar refractivity (Wildman–Crippen MR) is 79.4 cm³/mol. The number of aryl methyl sites for hydroxylation is 1. The Balaban J connectivity index is 2.62. The second-order valence-electron chi connectivity index (χ2n) is 5.40. The van der Waals surface area contributed by atoms with Crippen LogP contribution in [0.25, 0.3) is 0 Å². The molecule has 1 saturated carbocycles. The van der Waals surface area contributed by atoms with Crippen molar-refractivity contribution in [3.05, 3.63) is 27.2 Å². The number of ether oxygens (including phenoxy) is 1. The molecule has 18 heavy (non-hydrogen) atoms. The van der Waals surface area contributed by atoms with Crippen LogP contribution in [0, 0.1) is 13.8 Å². The van der Waals surface area contributed by atoms with Crippen LogP contribution in [0.2, 0.25) is 0 Å². The van der Waals surface area contributed by atoms with Gasteiger partial charge in [-0.25, -0.2) is 0 Å². The van der Waals surface area contributed by atoms with Gasteiger partial charge in [0.1, 0.15) is 5.75 Å². The lowest BCUT2D eigenvalue weighted by molar-refractivity contribution is 0.374. The van der Waals surface area contributed by atoms with E-state index in [4.69, 9.17) is 10.5 Å². The zero-order valence-corrected chi connectivity index (χ0v) is 13.1. The largest absolute Gasteiger partial charge is 0.496 e. The van der Waals surface area contributed by atoms with Crippen molar-refractivity contribution in [2.24, 2.45) is 5.73 Å². The summed E-state index contributed by atoms with van der Waals surface area (Å²) in [7, 11) is 1.76. The van der Waals surface area contributed by atoms with Crippen molar-refractivity contribution in [1.29, 1.82) is 0 Å². The monoisotopic (exact) mass is 311 g/mol. The summed E-state index contributed by atoms with van der Waals surface area (Å²) >= 11 is 3.64. The molecule has 1 aliphatic carbocycles. The van der Waals surface area contributed by atoms with Crippen LogP contribution in [0.15, 0.2) is 10.5 Å². The van der Waals surface area contributed by atoms with Crippen molar-refractivity contribution >= 4 is 15.9 Å². The number of methoxy groups -OCH3 is 1. The summed E-state index contributed by atoms with van der Waals surface area (Å²) in [5.74, 6) is 1.01. The average Bonchev–Trinajstić information content (AvgIpc) is 2.85. The minimum absolute atomic E-state index is 0.127. The van der Waals surface area contributed by atoms with E-state index in [0.717, 1.165) is 10.2 Å². The molecule has 0 amide bonds. The fourth-order valence-corrected chi connectivity index (χ4v) is 3.53. The molecular formula is C15H22BrNO. The van der Waals surface area contributed by atoms with Crippen molar-refractivity contribution in [3.63, 3.8) is 0 Å². The standard InChI is InChI=1S/C15H22BrNO/c1-10-8-12(14(18-3)11(2)13(10)16)15(9-17)6-4-5-7-15/h8H,4-7,9,17H2,1-3H3. The van der Waals surface area contributed by atoms with Crippen LogP contribution < -0.4 is 10.5 Å². The van der Waals surface area contributed by atoms with Crippen LogP contribution in [0.5, 0.6) is 5.75 Å². The molecule has 100 valence electrons. The molecule has 0 aromatic heterocycles. The Kier molecular flexibility index (Phi) is 4.02. The SMILES string of the molecule is COc1c(C2(CN)CCCC2)cc(C)c(Br)c1C. The van der Waals surface area contributed by atoms with E-state index in [-0.39, 0.29) is 5.41 Å². The second-order valence-corrected chi connectivity index (χ2v) is 6.20. The first-order valence-electron chi connectivity index (χ1n) is 6.60. The maximum absolute atomic E-state index is 6.10. The summed E-state index contributed by atoms with van der Waals surface area (Å²) in [5, 5.41) is 0. The van der Waals surface area contributed by atoms with Gasteiger partial charge in [-0.3, -0.25) is 0 Å². The fraction of sp³-hybridized carbons (Fsp3) is 0.600. The highest BCUT2D eigenvalue weighted by atomic mass is 79.9. The van der Waals surface area contributed by atoms with Crippen molar-refractivity contribution in [2.75, 3.05) is 13.7 Å². The summed E-state index contributed by atoms with van der Waals surface area (Å²) in [6.07, 6.45) is 4.91. The normalized spacial score (nSPS) is 18.1. The molecule has 3 heteroatoms. The molecule has 0 unspecified atom stereocenters. The molecule has 0 heterocycles. The van der Waals surface area contributed by atoms with Crippen LogP contribution >= 0.6 is 15.9 Å². The summed E-state index contributed by atoms with van der Waals surface area (Å²) in [6, 6.07) is 2.26. The first kappa shape index (κ1) is 13.9. The van der Waals surface area contributed by atoms with Gasteiger partial charge >= 0.3 is 0 Å². The fourth-order valence-electron chi connectivity index (χ4n) is 3.24. The first-order valence-corrected chi connectivity index (χ1v) is 7.39. The van der Waals surface area contributed by atoms with Gasteiger partial charge in [-0.05, 0) is 32.3 Å². The Morgan fingerprint density at radius 1 is 1.33 bits per heavy atom. The molecule has 0 aliphatic heterocycles. The Hall–Kier alpha value is -0.540. The third-order valence-electron chi connectivity index (χ3n) is 4.35. The molecule has 0 bridgehead atoms. The van der Waals surface area contributed by atoms with Gasteiger partial charge in [0.15, 0.2) is 0 Å². The third kappa shape index (κ3) is 2.08. The summed E-state index contributed by atoms with van der Waals surface area (Å²) < 4.78 is 6.81. The maximum Gasteiger partial charge on any atom is 0.126 e. The molecule has 2 N–H and O–H groups in total. The van der Waals surface area contributed by atoms with E-state index in [1.807, 2.05) is 0 Å². The molecule has 1 aliphatic rings. The molecule has 1 fully saturated rings. The van der Waals surface area contributed by atoms with Crippen molar-refractivity contribution in [1.82, 2.24) is 0 Å². The lowest BCUT2D eigenvalue weighted by Crippen LogP contribution is -2.32. The summed E-state index contributed by atoms with van der Waals surface area (Å²) in [5.41, 5.74) is 9.98. The van der Waals surface area contributed by atoms with Crippen LogP contribution in [0.4, 0.5) is 0 Å². The molecule has 2 rings (SSSR count). The number of hydrogen-bond donors (Lipinski definition) is 1. The molecular weight excluding hydrogens is 290 g/mol. The second kappa shape index (κ2) is 5.22. The van der Waals surface area contributed by atoms with Gasteiger partial charge in [0.05, 0.1) is 7.11 Å². The zero-order chi connectivity index (χ0) is 13.3. The lowest BCUT2D eigenvalue weighted by atomic mass is 9.77. The Morgan fingerprint density at radius 3 is 2.44 bits per heavy atom. The van der Waals surface area contributed by atoms with Gasteiger partial charge in [-0.1, -0.05) is 34.8 Å². The van der Waals surface area contributed by atoms with E-state index in [1.54, 1.807) is 7.11 Å². The minimum atomic E-state index is 0.127. The summed E-state index contributed by atoms with van der Waals surface area (Å²) in [6.45, 7) is 4.96. The number of rotatable bonds is 3. The molecule has 2 nitrogen and oxygen atoms in total. The van der Waals surface area contributed by atoms with E-state index >= 15 is 0 Å². The Morgan fingerprint density at radius 2 is 1.94 bits per heavy atom. The lowest BCUT2D eigenvalue weighted by Gasteiger charge is -2.31. The van der Waals surface area contributed by atoms with Gasteiger partial charge < -0.3 is 10.5 Å². The van der Waals surface area contributed by atoms with Gasteiger partial charge in [0.2, 0.25) is 0 Å². The minimum Gasteiger partial charge on any atom is -0.496 e. The predicted octanol–water partition coefficient (Wildman–Crippen LogP) is 3.85. The van der Waals surface area contributed by atoms with Gasteiger partial charge in [-0.15, -0.1) is 0 Å². The third-order valence-corrected chi connectivity index (χ3v) is 5.57. The highest BCUT2D eigenvalue weighted by molar-refractivity contribution is 9.10. The molecule has 0 saturated heterocycles. The molecule has 0 atom stereocenters. The van der Waals surface area contributed by atoms with Crippen molar-refractivity contribution in [2.45, 2.75) is 44.9 Å². The highest BCUT2D eigenvalue weighted by Crippen LogP contribution is 2.47. The van der Waals surface area contributed by atoms with Crippen LogP contribution in [-0.2, 0) is 5.41 Å². The highest BCUT2D eigenvalue weighted by Gasteiger charge is 2.37. The van der Waals surface area contributed by atoms with E-state index < -0.39 is 0 Å². The summed E-state index contributed by atoms with van der Waals surface area (Å²) in [4.78, 5) is 0. The number of nitrogens with two attached hydrogens (primary N) is 1. The number of hydrogen-bond acceptors (Lipinski definition) is 2. The maximum atomic E-state index is 6.10. The van der Waals surface area contributed by atoms with Crippen LogP contribution in [-0.4, -0.2) is 13.7 Å².